The molecule has 1 fully saturated rings. The zero-order valence-corrected chi connectivity index (χ0v) is 12.6. The van der Waals surface area contributed by atoms with E-state index in [4.69, 9.17) is 10.5 Å². The van der Waals surface area contributed by atoms with Crippen molar-refractivity contribution in [3.05, 3.63) is 0 Å². The summed E-state index contributed by atoms with van der Waals surface area (Å²) in [5, 5.41) is 0. The Morgan fingerprint density at radius 3 is 2.45 bits per heavy atom. The molecule has 1 unspecified atom stereocenters. The highest BCUT2D eigenvalue weighted by molar-refractivity contribution is 7.88. The van der Waals surface area contributed by atoms with Crippen molar-refractivity contribution < 1.29 is 22.7 Å². The minimum Gasteiger partial charge on any atom is -0.384 e. The Balaban J connectivity index is 2.82. The summed E-state index contributed by atoms with van der Waals surface area (Å²) >= 11 is 0. The van der Waals surface area contributed by atoms with Crippen LogP contribution in [0.2, 0.25) is 0 Å². The molecule has 2 N–H and O–H groups in total. The Kier molecular flexibility index (Phi) is 5.90. The molecule has 1 rings (SSSR count). The Labute approximate surface area is 118 Å². The van der Waals surface area contributed by atoms with Gasteiger partial charge in [0.25, 0.3) is 0 Å². The fourth-order valence-electron chi connectivity index (χ4n) is 2.04. The van der Waals surface area contributed by atoms with Gasteiger partial charge in [-0.25, -0.2) is 8.42 Å². The third kappa shape index (κ3) is 4.73. The van der Waals surface area contributed by atoms with Crippen molar-refractivity contribution in [1.82, 2.24) is 9.21 Å². The van der Waals surface area contributed by atoms with E-state index in [1.54, 1.807) is 0 Å². The smallest absolute Gasteiger partial charge is 0.224 e. The number of hydrogen-bond donors (Lipinski definition) is 1. The van der Waals surface area contributed by atoms with E-state index >= 15 is 0 Å². The summed E-state index contributed by atoms with van der Waals surface area (Å²) in [4.78, 5) is 24.8. The van der Waals surface area contributed by atoms with Gasteiger partial charge in [0, 0.05) is 33.3 Å². The van der Waals surface area contributed by atoms with E-state index in [1.807, 2.05) is 0 Å². The number of primary amides is 1. The summed E-state index contributed by atoms with van der Waals surface area (Å²) < 4.78 is 29.2. The van der Waals surface area contributed by atoms with E-state index in [-0.39, 0.29) is 45.1 Å². The van der Waals surface area contributed by atoms with Crippen molar-refractivity contribution >= 4 is 21.8 Å². The molecule has 116 valence electrons. The molecule has 20 heavy (non-hydrogen) atoms. The number of rotatable bonds is 5. The molecule has 0 radical (unpaired) electrons. The number of hydrogen-bond acceptors (Lipinski definition) is 5. The first kappa shape index (κ1) is 16.9. The van der Waals surface area contributed by atoms with Gasteiger partial charge in [0.2, 0.25) is 21.8 Å². The largest absolute Gasteiger partial charge is 0.384 e. The minimum absolute atomic E-state index is 0.0161. The van der Waals surface area contributed by atoms with Crippen LogP contribution < -0.4 is 5.73 Å². The van der Waals surface area contributed by atoms with E-state index in [1.165, 1.54) is 16.3 Å². The Morgan fingerprint density at radius 1 is 1.30 bits per heavy atom. The summed E-state index contributed by atoms with van der Waals surface area (Å²) in [7, 11) is -1.93. The van der Waals surface area contributed by atoms with Gasteiger partial charge in [-0.15, -0.1) is 0 Å². The van der Waals surface area contributed by atoms with Gasteiger partial charge in [-0.05, 0) is 0 Å². The summed E-state index contributed by atoms with van der Waals surface area (Å²) in [5.74, 6) is -1.47. The Hall–Kier alpha value is -1.19. The maximum absolute atomic E-state index is 12.0. The maximum Gasteiger partial charge on any atom is 0.224 e. The molecular weight excluding hydrogens is 286 g/mol. The van der Waals surface area contributed by atoms with Crippen molar-refractivity contribution in [2.75, 3.05) is 46.2 Å². The number of amides is 2. The molecule has 1 atom stereocenters. The molecule has 0 spiro atoms. The normalized spacial score (nSPS) is 21.5. The minimum atomic E-state index is -3.42. The highest BCUT2D eigenvalue weighted by Gasteiger charge is 2.32. The second-order valence-electron chi connectivity index (χ2n) is 4.80. The van der Waals surface area contributed by atoms with Crippen LogP contribution in [0.1, 0.15) is 6.42 Å². The summed E-state index contributed by atoms with van der Waals surface area (Å²) in [6.45, 7) is 0.860. The van der Waals surface area contributed by atoms with Crippen LogP contribution in [-0.2, 0) is 24.3 Å². The first-order valence-corrected chi connectivity index (χ1v) is 8.11. The van der Waals surface area contributed by atoms with Crippen molar-refractivity contribution in [1.29, 1.82) is 0 Å². The van der Waals surface area contributed by atoms with Gasteiger partial charge >= 0.3 is 0 Å². The molecule has 2 amide bonds. The first-order valence-electron chi connectivity index (χ1n) is 6.27. The monoisotopic (exact) mass is 307 g/mol. The molecule has 9 heteroatoms. The fourth-order valence-corrected chi connectivity index (χ4v) is 2.90. The molecule has 0 aliphatic carbocycles. The second-order valence-corrected chi connectivity index (χ2v) is 6.79. The molecule has 0 aromatic rings. The van der Waals surface area contributed by atoms with Crippen molar-refractivity contribution in [3.8, 4) is 0 Å². The van der Waals surface area contributed by atoms with Gasteiger partial charge in [-0.3, -0.25) is 9.59 Å². The zero-order valence-electron chi connectivity index (χ0n) is 11.7. The molecule has 1 aliphatic rings. The third-order valence-electron chi connectivity index (χ3n) is 3.23. The number of nitrogens with two attached hydrogens (primary N) is 1. The lowest BCUT2D eigenvalue weighted by atomic mass is 10.1. The highest BCUT2D eigenvalue weighted by atomic mass is 32.2. The zero-order chi connectivity index (χ0) is 15.3. The van der Waals surface area contributed by atoms with Crippen LogP contribution >= 0.6 is 0 Å². The average Bonchev–Trinajstić information content (AvgIpc) is 2.58. The van der Waals surface area contributed by atoms with Gasteiger partial charge in [0.15, 0.2) is 0 Å². The average molecular weight is 307 g/mol. The van der Waals surface area contributed by atoms with E-state index in [0.717, 1.165) is 6.26 Å². The summed E-state index contributed by atoms with van der Waals surface area (Å²) in [6, 6.07) is 0. The predicted octanol–water partition coefficient (Wildman–Crippen LogP) is -1.77. The second kappa shape index (κ2) is 7.00. The molecule has 0 aromatic heterocycles. The Morgan fingerprint density at radius 2 is 1.95 bits per heavy atom. The van der Waals surface area contributed by atoms with Crippen LogP contribution in [-0.4, -0.2) is 75.6 Å². The Bertz CT molecular complexity index is 465. The summed E-state index contributed by atoms with van der Waals surface area (Å²) in [6.07, 6.45) is 1.27. The first-order chi connectivity index (χ1) is 9.25. The number of methoxy groups -OCH3 is 1. The van der Waals surface area contributed by atoms with E-state index in [9.17, 15) is 18.0 Å². The van der Waals surface area contributed by atoms with E-state index < -0.39 is 21.8 Å². The lowest BCUT2D eigenvalue weighted by Crippen LogP contribution is -2.41. The number of ether oxygens (including phenoxy) is 1. The number of carbonyl (C=O) groups excluding carboxylic acids is 2. The fraction of sp³-hybridized carbons (Fsp3) is 0.818. The predicted molar refractivity (Wildman–Crippen MR) is 72.2 cm³/mol. The van der Waals surface area contributed by atoms with Gasteiger partial charge in [-0.1, -0.05) is 0 Å². The van der Waals surface area contributed by atoms with E-state index in [2.05, 4.69) is 0 Å². The molecule has 1 aliphatic heterocycles. The lowest BCUT2D eigenvalue weighted by molar-refractivity contribution is -0.133. The molecule has 0 saturated carbocycles. The van der Waals surface area contributed by atoms with Gasteiger partial charge in [0.1, 0.15) is 0 Å². The number of nitrogens with zero attached hydrogens (tertiary/aromatic N) is 2. The molecule has 0 bridgehead atoms. The highest BCUT2D eigenvalue weighted by Crippen LogP contribution is 2.13. The van der Waals surface area contributed by atoms with Gasteiger partial charge < -0.3 is 15.4 Å². The van der Waals surface area contributed by atoms with Crippen LogP contribution in [0.5, 0.6) is 0 Å². The quantitative estimate of drug-likeness (QED) is 0.646. The molecular formula is C11H21N3O5S. The van der Waals surface area contributed by atoms with Crippen molar-refractivity contribution in [2.45, 2.75) is 6.42 Å². The van der Waals surface area contributed by atoms with Crippen LogP contribution in [0.15, 0.2) is 0 Å². The van der Waals surface area contributed by atoms with Crippen LogP contribution in [0.25, 0.3) is 0 Å². The molecule has 1 heterocycles. The van der Waals surface area contributed by atoms with Crippen molar-refractivity contribution in [3.63, 3.8) is 0 Å². The lowest BCUT2D eigenvalue weighted by Gasteiger charge is -2.22. The van der Waals surface area contributed by atoms with Gasteiger partial charge in [0.05, 0.1) is 25.2 Å². The van der Waals surface area contributed by atoms with Crippen molar-refractivity contribution in [2.24, 2.45) is 11.7 Å². The number of sulfonamides is 1. The summed E-state index contributed by atoms with van der Waals surface area (Å²) in [5.41, 5.74) is 5.28. The van der Waals surface area contributed by atoms with Crippen LogP contribution in [0, 0.1) is 5.92 Å². The maximum atomic E-state index is 12.0. The SMILES string of the molecule is COCCC(=O)N1CCN(S(C)(=O)=O)CC(C(N)=O)C1. The topological polar surface area (TPSA) is 110 Å². The standard InChI is InChI=1S/C11H21N3O5S/c1-19-6-3-10(15)13-4-5-14(20(2,17)18)8-9(7-13)11(12)16/h9H,3-8H2,1-2H3,(H2,12,16). The van der Waals surface area contributed by atoms with Crippen LogP contribution in [0.4, 0.5) is 0 Å². The third-order valence-corrected chi connectivity index (χ3v) is 4.50. The van der Waals surface area contributed by atoms with Gasteiger partial charge in [-0.2, -0.15) is 4.31 Å². The van der Waals surface area contributed by atoms with Crippen LogP contribution in [0.3, 0.4) is 0 Å². The molecule has 8 nitrogen and oxygen atoms in total. The molecule has 0 aromatic carbocycles. The number of carbonyl (C=O) groups is 2. The molecule has 1 saturated heterocycles. The van der Waals surface area contributed by atoms with E-state index in [0.29, 0.717) is 0 Å².